The van der Waals surface area contributed by atoms with Crippen LogP contribution in [0.1, 0.15) is 18.9 Å². The summed E-state index contributed by atoms with van der Waals surface area (Å²) in [6.45, 7) is 3.95. The van der Waals surface area contributed by atoms with E-state index in [-0.39, 0.29) is 30.0 Å². The molecule has 1 aliphatic rings. The van der Waals surface area contributed by atoms with Crippen LogP contribution in [0, 0.1) is 6.92 Å². The molecule has 0 saturated heterocycles. The van der Waals surface area contributed by atoms with E-state index in [1.807, 2.05) is 60.2 Å². The van der Waals surface area contributed by atoms with Crippen LogP contribution in [-0.2, 0) is 9.59 Å². The highest BCUT2D eigenvalue weighted by Crippen LogP contribution is 2.32. The lowest BCUT2D eigenvalue weighted by molar-refractivity contribution is -0.117. The van der Waals surface area contributed by atoms with Crippen molar-refractivity contribution in [1.29, 1.82) is 0 Å². The van der Waals surface area contributed by atoms with Crippen LogP contribution >= 0.6 is 11.8 Å². The predicted octanol–water partition coefficient (Wildman–Crippen LogP) is 4.04. The molecular weight excluding hydrogens is 384 g/mol. The minimum Gasteiger partial charge on any atom is -0.324 e. The van der Waals surface area contributed by atoms with Crippen LogP contribution in [0.2, 0.25) is 0 Å². The Morgan fingerprint density at radius 3 is 2.69 bits per heavy atom. The Hall–Kier alpha value is -3.06. The quantitative estimate of drug-likeness (QED) is 0.664. The largest absolute Gasteiger partial charge is 0.324 e. The average Bonchev–Trinajstić information content (AvgIpc) is 3.11. The molecule has 29 heavy (non-hydrogen) atoms. The van der Waals surface area contributed by atoms with Gasteiger partial charge in [-0.2, -0.15) is 0 Å². The number of aryl methyl sites for hydroxylation is 1. The number of benzene rings is 2. The van der Waals surface area contributed by atoms with Crippen LogP contribution in [0.15, 0.2) is 66.1 Å². The second-order valence-corrected chi connectivity index (χ2v) is 7.98. The summed E-state index contributed by atoms with van der Waals surface area (Å²) in [6.07, 6.45) is 3.91. The van der Waals surface area contributed by atoms with Crippen molar-refractivity contribution < 1.29 is 9.59 Å². The van der Waals surface area contributed by atoms with Gasteiger partial charge < -0.3 is 10.2 Å². The summed E-state index contributed by atoms with van der Waals surface area (Å²) in [6, 6.07) is 15.3. The Balaban J connectivity index is 1.56. The molecule has 148 valence electrons. The fourth-order valence-corrected chi connectivity index (χ4v) is 4.40. The predicted molar refractivity (Wildman–Crippen MR) is 116 cm³/mol. The first-order valence-electron chi connectivity index (χ1n) is 9.47. The van der Waals surface area contributed by atoms with Crippen molar-refractivity contribution in [2.75, 3.05) is 16.0 Å². The molecule has 0 fully saturated rings. The van der Waals surface area contributed by atoms with Crippen molar-refractivity contribution in [3.63, 3.8) is 0 Å². The first kappa shape index (κ1) is 19.3. The minimum atomic E-state index is -0.220. The van der Waals surface area contributed by atoms with Gasteiger partial charge in [-0.05, 0) is 37.6 Å². The molecule has 2 heterocycles. The Labute approximate surface area is 173 Å². The van der Waals surface area contributed by atoms with Crippen LogP contribution in [0.3, 0.4) is 0 Å². The lowest BCUT2D eigenvalue weighted by Gasteiger charge is -2.27. The summed E-state index contributed by atoms with van der Waals surface area (Å²) in [5, 5.41) is 3.65. The third-order valence-electron chi connectivity index (χ3n) is 4.93. The standard InChI is InChI=1S/C22H22N4O2S/c1-15-7-3-5-9-18(15)25-12-11-23-22(25)29-14-21(28)26-16(2)13-20(27)24-17-8-4-6-10-19(17)26/h3-12,16H,13-14H2,1-2H3,(H,24,27). The van der Waals surface area contributed by atoms with Gasteiger partial charge in [-0.15, -0.1) is 0 Å². The Bertz CT molecular complexity index is 1060. The van der Waals surface area contributed by atoms with Crippen molar-refractivity contribution in [2.45, 2.75) is 31.5 Å². The molecule has 0 bridgehead atoms. The molecule has 1 unspecified atom stereocenters. The van der Waals surface area contributed by atoms with E-state index in [0.29, 0.717) is 5.69 Å². The number of para-hydroxylation sites is 3. The zero-order chi connectivity index (χ0) is 20.4. The van der Waals surface area contributed by atoms with E-state index in [9.17, 15) is 9.59 Å². The van der Waals surface area contributed by atoms with Gasteiger partial charge in [0.05, 0.1) is 22.8 Å². The molecule has 1 aromatic heterocycles. The van der Waals surface area contributed by atoms with Crippen molar-refractivity contribution in [3.8, 4) is 5.69 Å². The molecular formula is C22H22N4O2S. The van der Waals surface area contributed by atoms with E-state index < -0.39 is 0 Å². The molecule has 0 saturated carbocycles. The molecule has 3 aromatic rings. The molecule has 1 N–H and O–H groups in total. The number of carbonyl (C=O) groups excluding carboxylic acids is 2. The van der Waals surface area contributed by atoms with Crippen molar-refractivity contribution in [3.05, 3.63) is 66.5 Å². The molecule has 0 radical (unpaired) electrons. The molecule has 7 heteroatoms. The number of anilines is 2. The number of carbonyl (C=O) groups is 2. The molecule has 2 amide bonds. The summed E-state index contributed by atoms with van der Waals surface area (Å²) in [5.41, 5.74) is 3.59. The fourth-order valence-electron chi connectivity index (χ4n) is 3.58. The zero-order valence-electron chi connectivity index (χ0n) is 16.3. The lowest BCUT2D eigenvalue weighted by Crippen LogP contribution is -2.40. The van der Waals surface area contributed by atoms with Gasteiger partial charge in [0.2, 0.25) is 11.8 Å². The molecule has 1 atom stereocenters. The van der Waals surface area contributed by atoms with E-state index in [1.54, 1.807) is 11.1 Å². The number of fused-ring (bicyclic) bond motifs is 1. The molecule has 2 aromatic carbocycles. The number of nitrogens with zero attached hydrogens (tertiary/aromatic N) is 3. The lowest BCUT2D eigenvalue weighted by atomic mass is 10.2. The van der Waals surface area contributed by atoms with Crippen LogP contribution < -0.4 is 10.2 Å². The van der Waals surface area contributed by atoms with Crippen molar-refractivity contribution in [2.24, 2.45) is 0 Å². The van der Waals surface area contributed by atoms with Gasteiger partial charge in [0.25, 0.3) is 0 Å². The molecule has 6 nitrogen and oxygen atoms in total. The summed E-state index contributed by atoms with van der Waals surface area (Å²) in [5.74, 6) is 0.101. The van der Waals surface area contributed by atoms with Gasteiger partial charge in [0.15, 0.2) is 5.16 Å². The van der Waals surface area contributed by atoms with Crippen LogP contribution in [0.5, 0.6) is 0 Å². The normalized spacial score (nSPS) is 16.1. The van der Waals surface area contributed by atoms with Crippen molar-refractivity contribution in [1.82, 2.24) is 9.55 Å². The number of hydrogen-bond acceptors (Lipinski definition) is 4. The highest BCUT2D eigenvalue weighted by molar-refractivity contribution is 7.99. The Morgan fingerprint density at radius 2 is 1.90 bits per heavy atom. The second kappa shape index (κ2) is 8.13. The van der Waals surface area contributed by atoms with Crippen molar-refractivity contribution >= 4 is 35.0 Å². The monoisotopic (exact) mass is 406 g/mol. The summed E-state index contributed by atoms with van der Waals surface area (Å²) in [7, 11) is 0. The van der Waals surface area contributed by atoms with Crippen LogP contribution in [0.4, 0.5) is 11.4 Å². The van der Waals surface area contributed by atoms with Gasteiger partial charge in [0, 0.05) is 24.9 Å². The summed E-state index contributed by atoms with van der Waals surface area (Å²) in [4.78, 5) is 31.5. The van der Waals surface area contributed by atoms with Gasteiger partial charge in [0.1, 0.15) is 0 Å². The van der Waals surface area contributed by atoms with Gasteiger partial charge >= 0.3 is 0 Å². The summed E-state index contributed by atoms with van der Waals surface area (Å²) < 4.78 is 2.00. The fraction of sp³-hybridized carbons (Fsp3) is 0.227. The number of nitrogens with one attached hydrogen (secondary N) is 1. The molecule has 0 aliphatic carbocycles. The zero-order valence-corrected chi connectivity index (χ0v) is 17.1. The third kappa shape index (κ3) is 3.91. The first-order chi connectivity index (χ1) is 14.0. The topological polar surface area (TPSA) is 67.2 Å². The molecule has 0 spiro atoms. The van der Waals surface area contributed by atoms with E-state index in [1.165, 1.54) is 11.8 Å². The minimum absolute atomic E-state index is 0.0502. The molecule has 4 rings (SSSR count). The number of amides is 2. The maximum Gasteiger partial charge on any atom is 0.237 e. The Morgan fingerprint density at radius 1 is 1.17 bits per heavy atom. The number of aromatic nitrogens is 2. The highest BCUT2D eigenvalue weighted by atomic mass is 32.2. The Kier molecular flexibility index (Phi) is 5.40. The van der Waals surface area contributed by atoms with Gasteiger partial charge in [-0.3, -0.25) is 14.2 Å². The maximum absolute atomic E-state index is 13.2. The van der Waals surface area contributed by atoms with E-state index in [0.717, 1.165) is 22.1 Å². The smallest absolute Gasteiger partial charge is 0.237 e. The average molecular weight is 407 g/mol. The number of rotatable bonds is 4. The number of hydrogen-bond donors (Lipinski definition) is 1. The molecule has 1 aliphatic heterocycles. The van der Waals surface area contributed by atoms with Gasteiger partial charge in [-0.25, -0.2) is 4.98 Å². The van der Waals surface area contributed by atoms with Crippen LogP contribution in [0.25, 0.3) is 5.69 Å². The summed E-state index contributed by atoms with van der Waals surface area (Å²) >= 11 is 1.40. The maximum atomic E-state index is 13.2. The second-order valence-electron chi connectivity index (χ2n) is 7.04. The first-order valence-corrected chi connectivity index (χ1v) is 10.5. The number of thioether (sulfide) groups is 1. The van der Waals surface area contributed by atoms with E-state index >= 15 is 0 Å². The van der Waals surface area contributed by atoms with Crippen LogP contribution in [-0.4, -0.2) is 33.2 Å². The van der Waals surface area contributed by atoms with Gasteiger partial charge in [-0.1, -0.05) is 42.1 Å². The van der Waals surface area contributed by atoms with E-state index in [2.05, 4.69) is 23.3 Å². The van der Waals surface area contributed by atoms with E-state index in [4.69, 9.17) is 0 Å². The SMILES string of the molecule is Cc1ccccc1-n1ccnc1SCC(=O)N1c2ccccc2NC(=O)CC1C. The third-order valence-corrected chi connectivity index (χ3v) is 5.89. The highest BCUT2D eigenvalue weighted by Gasteiger charge is 2.29. The number of imidazole rings is 1.